The molecule has 0 unspecified atom stereocenters. The zero-order valence-electron chi connectivity index (χ0n) is 19.6. The summed E-state index contributed by atoms with van der Waals surface area (Å²) in [6.07, 6.45) is 0. The molecule has 0 fully saturated rings. The number of nitrogens with zero attached hydrogens (tertiary/aromatic N) is 1. The first-order valence-corrected chi connectivity index (χ1v) is 12.0. The second-order valence-electron chi connectivity index (χ2n) is 8.96. The first-order chi connectivity index (χ1) is 14.3. The molecule has 2 aromatic rings. The molecule has 31 heavy (non-hydrogen) atoms. The molecule has 168 valence electrons. The predicted octanol–water partition coefficient (Wildman–Crippen LogP) is 4.80. The van der Waals surface area contributed by atoms with Gasteiger partial charge < -0.3 is 9.64 Å². The summed E-state index contributed by atoms with van der Waals surface area (Å²) < 4.78 is 35.4. The predicted molar refractivity (Wildman–Crippen MR) is 125 cm³/mol. The highest BCUT2D eigenvalue weighted by Gasteiger charge is 2.37. The van der Waals surface area contributed by atoms with E-state index >= 15 is 0 Å². The van der Waals surface area contributed by atoms with Crippen LogP contribution in [0.25, 0.3) is 0 Å². The zero-order valence-corrected chi connectivity index (χ0v) is 20.5. The zero-order chi connectivity index (χ0) is 23.3. The summed E-state index contributed by atoms with van der Waals surface area (Å²) in [7, 11) is -3.83. The van der Waals surface area contributed by atoms with E-state index in [-0.39, 0.29) is 12.5 Å². The molecule has 1 aliphatic heterocycles. The maximum atomic E-state index is 13.4. The van der Waals surface area contributed by atoms with E-state index < -0.39 is 15.4 Å². The van der Waals surface area contributed by atoms with E-state index in [1.165, 1.54) is 0 Å². The number of hydrogen-bond acceptors (Lipinski definition) is 4. The Hall–Kier alpha value is -2.54. The van der Waals surface area contributed by atoms with E-state index in [1.54, 1.807) is 23.1 Å². The van der Waals surface area contributed by atoms with Crippen LogP contribution in [0.1, 0.15) is 48.6 Å². The summed E-state index contributed by atoms with van der Waals surface area (Å²) in [5, 5.41) is 0. The minimum Gasteiger partial charge on any atom is -0.490 e. The van der Waals surface area contributed by atoms with Gasteiger partial charge in [-0.15, -0.1) is 0 Å². The van der Waals surface area contributed by atoms with Crippen LogP contribution in [-0.4, -0.2) is 27.5 Å². The molecule has 1 heterocycles. The lowest BCUT2D eigenvalue weighted by molar-refractivity contribution is -0.127. The number of amides is 1. The standard InChI is InChI=1S/C24H32N2O4S/c1-9-26-20-12-19(10-11-21(20)30-13-24(7,8)23(26)27)25-31(28,29)22-17(5)15(3)14(2)16(4)18(22)6/h10-12,25H,9,13H2,1-8H3. The van der Waals surface area contributed by atoms with E-state index in [1.807, 2.05) is 55.4 Å². The van der Waals surface area contributed by atoms with E-state index in [0.717, 1.165) is 27.8 Å². The van der Waals surface area contributed by atoms with Gasteiger partial charge in [-0.2, -0.15) is 0 Å². The van der Waals surface area contributed by atoms with Crippen LogP contribution in [0.3, 0.4) is 0 Å². The number of fused-ring (bicyclic) bond motifs is 1. The highest BCUT2D eigenvalue weighted by atomic mass is 32.2. The third-order valence-electron chi connectivity index (χ3n) is 6.43. The normalized spacial score (nSPS) is 15.9. The molecule has 0 aliphatic carbocycles. The quantitative estimate of drug-likeness (QED) is 0.735. The average molecular weight is 445 g/mol. The molecule has 2 aromatic carbocycles. The van der Waals surface area contributed by atoms with E-state index in [9.17, 15) is 13.2 Å². The second kappa shape index (κ2) is 7.86. The Morgan fingerprint density at radius 3 is 2.10 bits per heavy atom. The van der Waals surface area contributed by atoms with Crippen LogP contribution in [0.5, 0.6) is 5.75 Å². The van der Waals surface area contributed by atoms with Crippen molar-refractivity contribution in [2.24, 2.45) is 5.41 Å². The number of carbonyl (C=O) groups excluding carboxylic acids is 1. The fourth-order valence-corrected chi connectivity index (χ4v) is 5.75. The topological polar surface area (TPSA) is 75.7 Å². The Morgan fingerprint density at radius 2 is 1.55 bits per heavy atom. The smallest absolute Gasteiger partial charge is 0.262 e. The fraction of sp³-hybridized carbons (Fsp3) is 0.458. The highest BCUT2D eigenvalue weighted by Crippen LogP contribution is 2.39. The summed E-state index contributed by atoms with van der Waals surface area (Å²) in [4.78, 5) is 14.9. The number of sulfonamides is 1. The van der Waals surface area contributed by atoms with Crippen LogP contribution in [0.2, 0.25) is 0 Å². The Kier molecular flexibility index (Phi) is 5.86. The van der Waals surface area contributed by atoms with Gasteiger partial charge in [0.15, 0.2) is 0 Å². The van der Waals surface area contributed by atoms with Crippen molar-refractivity contribution in [3.05, 3.63) is 46.0 Å². The first-order valence-electron chi connectivity index (χ1n) is 10.5. The molecule has 1 N–H and O–H groups in total. The molecule has 7 heteroatoms. The molecule has 6 nitrogen and oxygen atoms in total. The van der Waals surface area contributed by atoms with Gasteiger partial charge in [0.1, 0.15) is 12.4 Å². The third kappa shape index (κ3) is 3.91. The van der Waals surface area contributed by atoms with Gasteiger partial charge in [-0.05, 0) is 101 Å². The van der Waals surface area contributed by atoms with Gasteiger partial charge in [-0.25, -0.2) is 8.42 Å². The molecular weight excluding hydrogens is 412 g/mol. The number of hydrogen-bond donors (Lipinski definition) is 1. The van der Waals surface area contributed by atoms with Crippen molar-refractivity contribution in [2.45, 2.75) is 60.3 Å². The molecule has 0 bridgehead atoms. The maximum Gasteiger partial charge on any atom is 0.262 e. The number of nitrogens with one attached hydrogen (secondary N) is 1. The SMILES string of the molecule is CCN1C(=O)C(C)(C)COc2ccc(NS(=O)(=O)c3c(C)c(C)c(C)c(C)c3C)cc21. The molecule has 1 amide bonds. The van der Waals surface area contributed by atoms with Crippen molar-refractivity contribution in [3.63, 3.8) is 0 Å². The van der Waals surface area contributed by atoms with Crippen LogP contribution in [0.15, 0.2) is 23.1 Å². The number of rotatable bonds is 4. The summed E-state index contributed by atoms with van der Waals surface area (Å²) in [5.74, 6) is 0.517. The third-order valence-corrected chi connectivity index (χ3v) is 8.08. The van der Waals surface area contributed by atoms with Crippen LogP contribution in [-0.2, 0) is 14.8 Å². The molecule has 0 saturated heterocycles. The van der Waals surface area contributed by atoms with Gasteiger partial charge in [-0.3, -0.25) is 9.52 Å². The van der Waals surface area contributed by atoms with E-state index in [0.29, 0.717) is 28.6 Å². The van der Waals surface area contributed by atoms with E-state index in [4.69, 9.17) is 4.74 Å². The van der Waals surface area contributed by atoms with Gasteiger partial charge >= 0.3 is 0 Å². The summed E-state index contributed by atoms with van der Waals surface area (Å²) in [6.45, 7) is 15.9. The van der Waals surface area contributed by atoms with Crippen molar-refractivity contribution in [1.82, 2.24) is 0 Å². The summed E-state index contributed by atoms with van der Waals surface area (Å²) in [6, 6.07) is 5.07. The van der Waals surface area contributed by atoms with Gasteiger partial charge in [0.05, 0.1) is 21.7 Å². The minimum absolute atomic E-state index is 0.0507. The Balaban J connectivity index is 2.07. The van der Waals surface area contributed by atoms with Gasteiger partial charge in [0, 0.05) is 6.54 Å². The Morgan fingerprint density at radius 1 is 1.00 bits per heavy atom. The lowest BCUT2D eigenvalue weighted by Crippen LogP contribution is -2.42. The number of carbonyl (C=O) groups is 1. The van der Waals surface area contributed by atoms with Crippen LogP contribution >= 0.6 is 0 Å². The Labute approximate surface area is 185 Å². The number of benzene rings is 2. The lowest BCUT2D eigenvalue weighted by atomic mass is 9.93. The largest absolute Gasteiger partial charge is 0.490 e. The summed E-state index contributed by atoms with van der Waals surface area (Å²) in [5.41, 5.74) is 4.85. The van der Waals surface area contributed by atoms with Crippen molar-refractivity contribution in [2.75, 3.05) is 22.8 Å². The lowest BCUT2D eigenvalue weighted by Gasteiger charge is -2.27. The van der Waals surface area contributed by atoms with E-state index in [2.05, 4.69) is 4.72 Å². The average Bonchev–Trinajstić information content (AvgIpc) is 2.78. The molecular formula is C24H32N2O4S. The van der Waals surface area contributed by atoms with Crippen molar-refractivity contribution in [3.8, 4) is 5.75 Å². The number of anilines is 2. The Bertz CT molecular complexity index is 1140. The molecule has 0 spiro atoms. The minimum atomic E-state index is -3.83. The molecule has 0 atom stereocenters. The van der Waals surface area contributed by atoms with Crippen LogP contribution in [0, 0.1) is 40.0 Å². The molecule has 1 aliphatic rings. The van der Waals surface area contributed by atoms with Crippen LogP contribution in [0.4, 0.5) is 11.4 Å². The molecule has 0 saturated carbocycles. The van der Waals surface area contributed by atoms with Crippen LogP contribution < -0.4 is 14.4 Å². The molecule has 3 rings (SSSR count). The van der Waals surface area contributed by atoms with Crippen molar-refractivity contribution < 1.29 is 17.9 Å². The van der Waals surface area contributed by atoms with Gasteiger partial charge in [0.2, 0.25) is 5.91 Å². The monoisotopic (exact) mass is 444 g/mol. The van der Waals surface area contributed by atoms with Gasteiger partial charge in [0.25, 0.3) is 10.0 Å². The molecule has 0 aromatic heterocycles. The molecule has 0 radical (unpaired) electrons. The van der Waals surface area contributed by atoms with Gasteiger partial charge in [-0.1, -0.05) is 0 Å². The maximum absolute atomic E-state index is 13.4. The number of ether oxygens (including phenoxy) is 1. The first kappa shape index (κ1) is 23.1. The van der Waals surface area contributed by atoms with Crippen molar-refractivity contribution in [1.29, 1.82) is 0 Å². The van der Waals surface area contributed by atoms with Crippen molar-refractivity contribution >= 4 is 27.3 Å². The highest BCUT2D eigenvalue weighted by molar-refractivity contribution is 7.92. The second-order valence-corrected chi connectivity index (χ2v) is 10.6. The summed E-state index contributed by atoms with van der Waals surface area (Å²) >= 11 is 0. The fourth-order valence-electron chi connectivity index (χ4n) is 4.10.